The molecule has 1 aliphatic heterocycles. The third-order valence-electron chi connectivity index (χ3n) is 5.59. The quantitative estimate of drug-likeness (QED) is 0.601. The molecule has 30 heavy (non-hydrogen) atoms. The van der Waals surface area contributed by atoms with Gasteiger partial charge in [-0.1, -0.05) is 12.1 Å². The van der Waals surface area contributed by atoms with Gasteiger partial charge in [-0.2, -0.15) is 14.6 Å². The van der Waals surface area contributed by atoms with E-state index in [0.717, 1.165) is 36.7 Å². The van der Waals surface area contributed by atoms with Crippen molar-refractivity contribution in [1.82, 2.24) is 19.6 Å². The molecule has 2 aromatic heterocycles. The fraction of sp³-hybridized carbons (Fsp3) is 0.455. The number of fused-ring (bicyclic) bond motifs is 1. The number of ether oxygens (including phenoxy) is 1. The molecule has 8 heteroatoms. The smallest absolute Gasteiger partial charge is 0.310 e. The molecule has 8 nitrogen and oxygen atoms in total. The van der Waals surface area contributed by atoms with Gasteiger partial charge in [-0.15, -0.1) is 0 Å². The second kappa shape index (κ2) is 8.30. The number of carbonyl (C=O) groups is 1. The molecule has 0 radical (unpaired) electrons. The van der Waals surface area contributed by atoms with Crippen molar-refractivity contribution >= 4 is 23.3 Å². The molecule has 1 aliphatic rings. The van der Waals surface area contributed by atoms with Gasteiger partial charge < -0.3 is 14.5 Å². The lowest BCUT2D eigenvalue weighted by molar-refractivity contribution is -0.142. The highest BCUT2D eigenvalue weighted by Gasteiger charge is 2.29. The van der Waals surface area contributed by atoms with Crippen molar-refractivity contribution in [2.24, 2.45) is 0 Å². The Bertz CT molecular complexity index is 1060. The summed E-state index contributed by atoms with van der Waals surface area (Å²) in [6.45, 7) is 10.9. The third-order valence-corrected chi connectivity index (χ3v) is 5.59. The number of benzene rings is 1. The second-order valence-corrected chi connectivity index (χ2v) is 7.78. The van der Waals surface area contributed by atoms with Gasteiger partial charge in [0, 0.05) is 42.6 Å². The normalized spacial score (nSPS) is 16.9. The molecule has 0 saturated carbocycles. The first-order chi connectivity index (χ1) is 14.5. The molecule has 1 fully saturated rings. The number of aryl methyl sites for hydroxylation is 2. The molecule has 158 valence electrons. The van der Waals surface area contributed by atoms with E-state index >= 15 is 0 Å². The van der Waals surface area contributed by atoms with Crippen molar-refractivity contribution in [1.29, 1.82) is 0 Å². The van der Waals surface area contributed by atoms with Gasteiger partial charge in [0.1, 0.15) is 12.1 Å². The van der Waals surface area contributed by atoms with Crippen molar-refractivity contribution in [2.45, 2.75) is 40.2 Å². The summed E-state index contributed by atoms with van der Waals surface area (Å²) in [4.78, 5) is 25.8. The van der Waals surface area contributed by atoms with E-state index in [1.54, 1.807) is 4.52 Å². The van der Waals surface area contributed by atoms with E-state index in [0.29, 0.717) is 18.4 Å². The minimum atomic E-state index is -0.255. The van der Waals surface area contributed by atoms with Crippen LogP contribution in [0, 0.1) is 13.8 Å². The molecule has 3 heterocycles. The van der Waals surface area contributed by atoms with E-state index in [4.69, 9.17) is 4.74 Å². The van der Waals surface area contributed by atoms with E-state index in [1.807, 2.05) is 13.8 Å². The molecular weight excluding hydrogens is 380 g/mol. The van der Waals surface area contributed by atoms with Gasteiger partial charge in [0.05, 0.1) is 13.0 Å². The van der Waals surface area contributed by atoms with Crippen LogP contribution in [0.2, 0.25) is 0 Å². The summed E-state index contributed by atoms with van der Waals surface area (Å²) in [5.74, 6) is 1.18. The van der Waals surface area contributed by atoms with Gasteiger partial charge in [-0.25, -0.2) is 4.98 Å². The molecule has 0 unspecified atom stereocenters. The van der Waals surface area contributed by atoms with Crippen molar-refractivity contribution in [3.63, 3.8) is 0 Å². The molecule has 4 rings (SSSR count). The van der Waals surface area contributed by atoms with Crippen LogP contribution in [0.5, 0.6) is 0 Å². The Labute approximate surface area is 176 Å². The summed E-state index contributed by atoms with van der Waals surface area (Å²) >= 11 is 0. The van der Waals surface area contributed by atoms with Gasteiger partial charge >= 0.3 is 5.97 Å². The first-order valence-electron chi connectivity index (χ1n) is 10.4. The largest absolute Gasteiger partial charge is 0.466 e. The average molecular weight is 409 g/mol. The van der Waals surface area contributed by atoms with Crippen molar-refractivity contribution < 1.29 is 9.53 Å². The monoisotopic (exact) mass is 408 g/mol. The topological polar surface area (TPSA) is 75.9 Å². The first-order valence-corrected chi connectivity index (χ1v) is 10.4. The zero-order chi connectivity index (χ0) is 21.3. The molecule has 0 spiro atoms. The van der Waals surface area contributed by atoms with Gasteiger partial charge in [-0.3, -0.25) is 4.79 Å². The predicted octanol–water partition coefficient (Wildman–Crippen LogP) is 2.56. The number of rotatable bonds is 5. The van der Waals surface area contributed by atoms with Crippen LogP contribution in [0.1, 0.15) is 30.7 Å². The van der Waals surface area contributed by atoms with Gasteiger partial charge in [0.2, 0.25) is 0 Å². The van der Waals surface area contributed by atoms with Crippen molar-refractivity contribution in [2.75, 3.05) is 36.0 Å². The molecule has 1 saturated heterocycles. The molecule has 1 aromatic carbocycles. The molecule has 0 amide bonds. The van der Waals surface area contributed by atoms with Crippen LogP contribution in [-0.2, 0) is 16.0 Å². The Morgan fingerprint density at radius 2 is 2.10 bits per heavy atom. The van der Waals surface area contributed by atoms with E-state index in [2.05, 4.69) is 63.0 Å². The second-order valence-electron chi connectivity index (χ2n) is 7.78. The highest BCUT2D eigenvalue weighted by molar-refractivity contribution is 5.76. The maximum absolute atomic E-state index is 12.3. The van der Waals surface area contributed by atoms with Crippen LogP contribution < -0.4 is 9.80 Å². The summed E-state index contributed by atoms with van der Waals surface area (Å²) in [5.41, 5.74) is 4.13. The Balaban J connectivity index is 1.67. The van der Waals surface area contributed by atoms with Crippen molar-refractivity contribution in [3.05, 3.63) is 47.4 Å². The summed E-state index contributed by atoms with van der Waals surface area (Å²) in [5, 5.41) is 4.40. The number of hydrogen-bond acceptors (Lipinski definition) is 7. The van der Waals surface area contributed by atoms with E-state index in [-0.39, 0.29) is 12.4 Å². The zero-order valence-corrected chi connectivity index (χ0v) is 18.0. The number of aromatic nitrogens is 4. The highest BCUT2D eigenvalue weighted by Crippen LogP contribution is 2.29. The fourth-order valence-corrected chi connectivity index (χ4v) is 4.20. The molecule has 0 bridgehead atoms. The summed E-state index contributed by atoms with van der Waals surface area (Å²) in [6.07, 6.45) is 1.68. The maximum atomic E-state index is 12.3. The lowest BCUT2D eigenvalue weighted by Crippen LogP contribution is -2.53. The van der Waals surface area contributed by atoms with Crippen LogP contribution in [-0.4, -0.2) is 57.8 Å². The average Bonchev–Trinajstić information content (AvgIpc) is 3.16. The van der Waals surface area contributed by atoms with Crippen LogP contribution in [0.15, 0.2) is 30.6 Å². The van der Waals surface area contributed by atoms with Crippen LogP contribution in [0.25, 0.3) is 5.78 Å². The molecule has 3 aromatic rings. The van der Waals surface area contributed by atoms with Crippen molar-refractivity contribution in [3.8, 4) is 0 Å². The standard InChI is InChI=1S/C22H28N6O2/c1-5-30-20(29)12-19-17(4)25-22-23-14-24-28(22)21(19)26-9-10-27(16(3)13-26)18-8-6-7-15(2)11-18/h6-8,11,14,16H,5,9-10,12-13H2,1-4H3/t16-/m1/s1. The molecular formula is C22H28N6O2. The third kappa shape index (κ3) is 3.81. The molecule has 0 N–H and O–H groups in total. The Kier molecular flexibility index (Phi) is 5.57. The zero-order valence-electron chi connectivity index (χ0n) is 18.0. The van der Waals surface area contributed by atoms with Crippen LogP contribution >= 0.6 is 0 Å². The molecule has 0 aliphatic carbocycles. The summed E-state index contributed by atoms with van der Waals surface area (Å²) in [6, 6.07) is 8.91. The van der Waals surface area contributed by atoms with E-state index in [1.165, 1.54) is 17.6 Å². The Morgan fingerprint density at radius 1 is 1.27 bits per heavy atom. The fourth-order valence-electron chi connectivity index (χ4n) is 4.20. The number of anilines is 2. The number of piperazine rings is 1. The number of carbonyl (C=O) groups excluding carboxylic acids is 1. The number of hydrogen-bond donors (Lipinski definition) is 0. The minimum Gasteiger partial charge on any atom is -0.466 e. The highest BCUT2D eigenvalue weighted by atomic mass is 16.5. The van der Waals surface area contributed by atoms with Gasteiger partial charge in [-0.05, 0) is 45.4 Å². The SMILES string of the molecule is CCOC(=O)Cc1c(C)nc2ncnn2c1N1CCN(c2cccc(C)c2)[C@H](C)C1. The summed E-state index contributed by atoms with van der Waals surface area (Å²) < 4.78 is 6.95. The Morgan fingerprint density at radius 3 is 2.83 bits per heavy atom. The number of esters is 1. The predicted molar refractivity (Wildman–Crippen MR) is 116 cm³/mol. The van der Waals surface area contributed by atoms with E-state index in [9.17, 15) is 4.79 Å². The van der Waals surface area contributed by atoms with E-state index < -0.39 is 0 Å². The molecule has 1 atom stereocenters. The summed E-state index contributed by atoms with van der Waals surface area (Å²) in [7, 11) is 0. The first kappa shape index (κ1) is 20.1. The van der Waals surface area contributed by atoms with Gasteiger partial charge in [0.25, 0.3) is 5.78 Å². The maximum Gasteiger partial charge on any atom is 0.310 e. The lowest BCUT2D eigenvalue weighted by Gasteiger charge is -2.42. The minimum absolute atomic E-state index is 0.171. The number of nitrogens with zero attached hydrogens (tertiary/aromatic N) is 6. The Hall–Kier alpha value is -3.16. The van der Waals surface area contributed by atoms with Gasteiger partial charge in [0.15, 0.2) is 0 Å². The lowest BCUT2D eigenvalue weighted by atomic mass is 10.1. The van der Waals surface area contributed by atoms with Crippen LogP contribution in [0.4, 0.5) is 11.5 Å². The van der Waals surface area contributed by atoms with Crippen LogP contribution in [0.3, 0.4) is 0 Å².